The average Bonchev–Trinajstić information content (AvgIpc) is 2.61. The van der Waals surface area contributed by atoms with Crippen LogP contribution in [0.1, 0.15) is 26.2 Å². The van der Waals surface area contributed by atoms with Crippen LogP contribution in [-0.4, -0.2) is 55.1 Å². The van der Waals surface area contributed by atoms with Crippen LogP contribution in [0.4, 0.5) is 0 Å². The number of rotatable bonds is 2. The first kappa shape index (κ1) is 11.4. The summed E-state index contributed by atoms with van der Waals surface area (Å²) in [7, 11) is 2.23. The second kappa shape index (κ2) is 4.81. The van der Waals surface area contributed by atoms with E-state index in [1.165, 1.54) is 38.9 Å². The second-order valence-electron chi connectivity index (χ2n) is 5.42. The van der Waals surface area contributed by atoms with Gasteiger partial charge in [0.25, 0.3) is 0 Å². The van der Waals surface area contributed by atoms with Gasteiger partial charge in [-0.2, -0.15) is 0 Å². The summed E-state index contributed by atoms with van der Waals surface area (Å²) >= 11 is 0. The van der Waals surface area contributed by atoms with Gasteiger partial charge in [0.05, 0.1) is 0 Å². The van der Waals surface area contributed by atoms with Crippen LogP contribution < -0.4 is 5.73 Å². The van der Waals surface area contributed by atoms with Gasteiger partial charge < -0.3 is 10.6 Å². The maximum absolute atomic E-state index is 5.77. The maximum atomic E-state index is 5.77. The molecule has 0 amide bonds. The summed E-state index contributed by atoms with van der Waals surface area (Å²) in [6, 6.07) is 1.58. The molecule has 88 valence electrons. The second-order valence-corrected chi connectivity index (χ2v) is 5.42. The molecule has 0 saturated carbocycles. The number of nitrogens with two attached hydrogens (primary N) is 1. The topological polar surface area (TPSA) is 32.5 Å². The molecule has 0 aliphatic carbocycles. The van der Waals surface area contributed by atoms with E-state index in [-0.39, 0.29) is 0 Å². The lowest BCUT2D eigenvalue weighted by Crippen LogP contribution is -2.45. The van der Waals surface area contributed by atoms with E-state index in [1.807, 2.05) is 0 Å². The molecule has 15 heavy (non-hydrogen) atoms. The summed E-state index contributed by atoms with van der Waals surface area (Å²) in [6.45, 7) is 7.01. The van der Waals surface area contributed by atoms with Crippen molar-refractivity contribution in [3.63, 3.8) is 0 Å². The van der Waals surface area contributed by atoms with E-state index in [9.17, 15) is 0 Å². The average molecular weight is 211 g/mol. The Hall–Kier alpha value is -0.120. The Morgan fingerprint density at radius 3 is 2.47 bits per heavy atom. The third kappa shape index (κ3) is 2.52. The molecule has 0 aromatic rings. The zero-order valence-corrected chi connectivity index (χ0v) is 10.2. The summed E-state index contributed by atoms with van der Waals surface area (Å²) < 4.78 is 0. The van der Waals surface area contributed by atoms with Crippen molar-refractivity contribution in [2.45, 2.75) is 38.3 Å². The van der Waals surface area contributed by atoms with Gasteiger partial charge in [0.15, 0.2) is 0 Å². The fourth-order valence-electron chi connectivity index (χ4n) is 3.18. The fraction of sp³-hybridized carbons (Fsp3) is 1.00. The molecule has 3 heteroatoms. The third-order valence-corrected chi connectivity index (χ3v) is 4.20. The normalized spacial score (nSPS) is 36.2. The van der Waals surface area contributed by atoms with Crippen molar-refractivity contribution in [1.29, 1.82) is 0 Å². The van der Waals surface area contributed by atoms with Crippen LogP contribution in [0, 0.1) is 5.92 Å². The Kier molecular flexibility index (Phi) is 3.65. The molecule has 0 radical (unpaired) electrons. The highest BCUT2D eigenvalue weighted by molar-refractivity contribution is 4.89. The quantitative estimate of drug-likeness (QED) is 0.731. The Morgan fingerprint density at radius 1 is 1.27 bits per heavy atom. The van der Waals surface area contributed by atoms with Crippen LogP contribution in [0.5, 0.6) is 0 Å². The zero-order valence-electron chi connectivity index (χ0n) is 10.2. The molecule has 3 nitrogen and oxygen atoms in total. The highest BCUT2D eigenvalue weighted by atomic mass is 15.2. The first-order valence-electron chi connectivity index (χ1n) is 6.35. The molecule has 2 fully saturated rings. The first-order valence-corrected chi connectivity index (χ1v) is 6.35. The molecule has 0 spiro atoms. The highest BCUT2D eigenvalue weighted by Crippen LogP contribution is 2.28. The summed E-state index contributed by atoms with van der Waals surface area (Å²) in [5.74, 6) is 0.750. The van der Waals surface area contributed by atoms with Crippen LogP contribution in [-0.2, 0) is 0 Å². The van der Waals surface area contributed by atoms with Gasteiger partial charge in [-0.1, -0.05) is 0 Å². The van der Waals surface area contributed by atoms with Gasteiger partial charge in [-0.25, -0.2) is 0 Å². The number of hydrogen-bond donors (Lipinski definition) is 1. The van der Waals surface area contributed by atoms with Crippen molar-refractivity contribution in [2.24, 2.45) is 11.7 Å². The smallest absolute Gasteiger partial charge is 0.0122 e. The summed E-state index contributed by atoms with van der Waals surface area (Å²) in [4.78, 5) is 5.15. The number of nitrogens with zero attached hydrogens (tertiary/aromatic N) is 2. The van der Waals surface area contributed by atoms with Crippen LogP contribution in [0.3, 0.4) is 0 Å². The molecule has 2 saturated heterocycles. The van der Waals surface area contributed by atoms with E-state index < -0.39 is 0 Å². The lowest BCUT2D eigenvalue weighted by molar-refractivity contribution is 0.114. The van der Waals surface area contributed by atoms with Crippen molar-refractivity contribution in [3.05, 3.63) is 0 Å². The van der Waals surface area contributed by atoms with E-state index in [4.69, 9.17) is 5.73 Å². The predicted molar refractivity (Wildman–Crippen MR) is 63.8 cm³/mol. The van der Waals surface area contributed by atoms with Crippen LogP contribution in [0.25, 0.3) is 0 Å². The molecular formula is C12H25N3. The molecule has 0 aromatic heterocycles. The Balaban J connectivity index is 1.88. The molecule has 2 N–H and O–H groups in total. The van der Waals surface area contributed by atoms with E-state index in [0.717, 1.165) is 24.5 Å². The zero-order chi connectivity index (χ0) is 10.8. The van der Waals surface area contributed by atoms with Gasteiger partial charge in [0.1, 0.15) is 0 Å². The molecule has 0 aromatic carbocycles. The largest absolute Gasteiger partial charge is 0.330 e. The van der Waals surface area contributed by atoms with Crippen molar-refractivity contribution < 1.29 is 0 Å². The van der Waals surface area contributed by atoms with Crippen LogP contribution in [0.15, 0.2) is 0 Å². The van der Waals surface area contributed by atoms with Crippen molar-refractivity contribution in [1.82, 2.24) is 9.80 Å². The SMILES string of the molecule is CC1CC(CN)CN1C1CCN(C)CC1. The molecular weight excluding hydrogens is 186 g/mol. The van der Waals surface area contributed by atoms with E-state index >= 15 is 0 Å². The van der Waals surface area contributed by atoms with Gasteiger partial charge >= 0.3 is 0 Å². The molecule has 2 heterocycles. The Morgan fingerprint density at radius 2 is 1.93 bits per heavy atom. The minimum absolute atomic E-state index is 0.750. The molecule has 2 atom stereocenters. The third-order valence-electron chi connectivity index (χ3n) is 4.20. The minimum atomic E-state index is 0.750. The van der Waals surface area contributed by atoms with E-state index in [1.54, 1.807) is 0 Å². The van der Waals surface area contributed by atoms with Crippen LogP contribution in [0.2, 0.25) is 0 Å². The summed E-state index contributed by atoms with van der Waals surface area (Å²) in [5, 5.41) is 0. The molecule has 2 aliphatic heterocycles. The number of likely N-dealkylation sites (tertiary alicyclic amines) is 2. The van der Waals surface area contributed by atoms with Crippen LogP contribution >= 0.6 is 0 Å². The lowest BCUT2D eigenvalue weighted by Gasteiger charge is -2.37. The Labute approximate surface area is 93.6 Å². The van der Waals surface area contributed by atoms with E-state index in [2.05, 4.69) is 23.8 Å². The van der Waals surface area contributed by atoms with Gasteiger partial charge in [0.2, 0.25) is 0 Å². The summed E-state index contributed by atoms with van der Waals surface area (Å²) in [6.07, 6.45) is 4.00. The van der Waals surface area contributed by atoms with Crippen molar-refractivity contribution in [3.8, 4) is 0 Å². The number of hydrogen-bond acceptors (Lipinski definition) is 3. The van der Waals surface area contributed by atoms with Crippen molar-refractivity contribution >= 4 is 0 Å². The summed E-state index contributed by atoms with van der Waals surface area (Å²) in [5.41, 5.74) is 5.77. The molecule has 0 bridgehead atoms. The molecule has 2 aliphatic rings. The van der Waals surface area contributed by atoms with Gasteiger partial charge in [-0.05, 0) is 58.8 Å². The molecule has 2 rings (SSSR count). The van der Waals surface area contributed by atoms with Gasteiger partial charge in [0, 0.05) is 18.6 Å². The maximum Gasteiger partial charge on any atom is 0.0122 e. The van der Waals surface area contributed by atoms with Gasteiger partial charge in [-0.3, -0.25) is 4.90 Å². The van der Waals surface area contributed by atoms with Gasteiger partial charge in [-0.15, -0.1) is 0 Å². The predicted octanol–water partition coefficient (Wildman–Crippen LogP) is 0.750. The van der Waals surface area contributed by atoms with E-state index in [0.29, 0.717) is 0 Å². The molecule has 2 unspecified atom stereocenters. The Bertz CT molecular complexity index is 199. The van der Waals surface area contributed by atoms with Crippen molar-refractivity contribution in [2.75, 3.05) is 33.2 Å². The first-order chi connectivity index (χ1) is 7.20. The number of piperidine rings is 1. The standard InChI is InChI=1S/C12H25N3/c1-10-7-11(8-13)9-15(10)12-3-5-14(2)6-4-12/h10-12H,3-9,13H2,1-2H3. The highest BCUT2D eigenvalue weighted by Gasteiger charge is 2.34. The minimum Gasteiger partial charge on any atom is -0.330 e. The monoisotopic (exact) mass is 211 g/mol. The lowest BCUT2D eigenvalue weighted by atomic mass is 10.0. The fourth-order valence-corrected chi connectivity index (χ4v) is 3.18.